The van der Waals surface area contributed by atoms with Crippen LogP contribution in [0.5, 0.6) is 0 Å². The number of carbonyl (C=O) groups is 1. The van der Waals surface area contributed by atoms with E-state index < -0.39 is 43.9 Å². The van der Waals surface area contributed by atoms with Crippen LogP contribution in [0, 0.1) is 0 Å². The molecule has 0 saturated heterocycles. The highest BCUT2D eigenvalue weighted by molar-refractivity contribution is 7.92. The molecule has 2 aromatic carbocycles. The van der Waals surface area contributed by atoms with Crippen molar-refractivity contribution in [1.82, 2.24) is 0 Å². The van der Waals surface area contributed by atoms with Crippen molar-refractivity contribution in [2.75, 3.05) is 34.8 Å². The quantitative estimate of drug-likeness (QED) is 0.430. The number of halogens is 2. The Bertz CT molecular complexity index is 1310. The van der Waals surface area contributed by atoms with Gasteiger partial charge >= 0.3 is 0 Å². The molecule has 7 nitrogen and oxygen atoms in total. The van der Waals surface area contributed by atoms with Crippen molar-refractivity contribution in [3.8, 4) is 0 Å². The number of benzene rings is 2. The van der Waals surface area contributed by atoms with Gasteiger partial charge in [-0.1, -0.05) is 31.9 Å². The second kappa shape index (κ2) is 10.2. The van der Waals surface area contributed by atoms with Crippen LogP contribution >= 0.6 is 0 Å². The van der Waals surface area contributed by atoms with E-state index in [1.54, 1.807) is 12.1 Å². The second-order valence-electron chi connectivity index (χ2n) is 8.82. The number of para-hydroxylation sites is 1. The normalized spacial score (nSPS) is 14.1. The number of carbonyl (C=O) groups excluding carboxylic acids is 1. The van der Waals surface area contributed by atoms with Crippen molar-refractivity contribution < 1.29 is 30.4 Å². The molecule has 2 aromatic rings. The molecule has 0 aliphatic carbocycles. The Balaban J connectivity index is 1.86. The summed E-state index contributed by atoms with van der Waals surface area (Å²) in [6.07, 6.45) is 2.54. The maximum Gasteiger partial charge on any atom is 0.262 e. The van der Waals surface area contributed by atoms with Gasteiger partial charge in [0.05, 0.1) is 22.4 Å². The lowest BCUT2D eigenvalue weighted by Crippen LogP contribution is -2.32. The van der Waals surface area contributed by atoms with Gasteiger partial charge in [-0.2, -0.15) is 0 Å². The molecule has 0 aromatic heterocycles. The average Bonchev–Trinajstić information content (AvgIpc) is 3.20. The molecule has 1 aliphatic heterocycles. The third-order valence-electron chi connectivity index (χ3n) is 6.07. The van der Waals surface area contributed by atoms with Gasteiger partial charge in [-0.15, -0.1) is 0 Å². The fourth-order valence-electron chi connectivity index (χ4n) is 4.10. The summed E-state index contributed by atoms with van der Waals surface area (Å²) >= 11 is 0. The summed E-state index contributed by atoms with van der Waals surface area (Å²) < 4.78 is 79.0. The SMILES string of the molecule is CCCCCC(F)(F)CS(=O)(=O)c1ccc2c(c1)CCN2C(=O)c1ccccc1N(C)S(C)(=O)=O. The Morgan fingerprint density at radius 3 is 2.43 bits per heavy atom. The number of hydrogen-bond donors (Lipinski definition) is 0. The number of unbranched alkanes of at least 4 members (excludes halogenated alkanes) is 2. The monoisotopic (exact) mass is 528 g/mol. The Morgan fingerprint density at radius 1 is 1.09 bits per heavy atom. The van der Waals surface area contributed by atoms with Gasteiger partial charge in [-0.05, 0) is 48.7 Å². The maximum absolute atomic E-state index is 14.3. The van der Waals surface area contributed by atoms with Gasteiger partial charge < -0.3 is 4.90 Å². The van der Waals surface area contributed by atoms with Crippen LogP contribution < -0.4 is 9.21 Å². The van der Waals surface area contributed by atoms with Gasteiger partial charge in [0.15, 0.2) is 9.84 Å². The van der Waals surface area contributed by atoms with E-state index in [1.807, 2.05) is 6.92 Å². The lowest BCUT2D eigenvalue weighted by Gasteiger charge is -2.23. The molecule has 35 heavy (non-hydrogen) atoms. The van der Waals surface area contributed by atoms with Gasteiger partial charge in [0.25, 0.3) is 11.8 Å². The van der Waals surface area contributed by atoms with Crippen LogP contribution in [0.1, 0.15) is 48.5 Å². The Hall–Kier alpha value is -2.53. The smallest absolute Gasteiger partial charge is 0.262 e. The molecule has 0 unspecified atom stereocenters. The molecule has 0 N–H and O–H groups in total. The van der Waals surface area contributed by atoms with Gasteiger partial charge in [-0.25, -0.2) is 25.6 Å². The molecule has 0 fully saturated rings. The average molecular weight is 529 g/mol. The van der Waals surface area contributed by atoms with Crippen molar-refractivity contribution in [2.24, 2.45) is 0 Å². The number of rotatable bonds is 10. The highest BCUT2D eigenvalue weighted by Gasteiger charge is 2.37. The number of alkyl halides is 2. The van der Waals surface area contributed by atoms with E-state index >= 15 is 0 Å². The molecule has 1 heterocycles. The molecule has 192 valence electrons. The standard InChI is InChI=1S/C24H30F2N2O5S2/c1-4-5-8-14-24(25,26)17-35(32,33)19-11-12-21-18(16-19)13-15-28(21)23(29)20-9-6-7-10-22(20)27(2)34(3,30)31/h6-7,9-12,16H,4-5,8,13-15,17H2,1-3H3. The number of anilines is 2. The molecule has 0 atom stereocenters. The van der Waals surface area contributed by atoms with E-state index in [0.717, 1.165) is 17.0 Å². The first kappa shape index (κ1) is 27.1. The van der Waals surface area contributed by atoms with Crippen molar-refractivity contribution in [1.29, 1.82) is 0 Å². The van der Waals surface area contributed by atoms with Crippen LogP contribution in [0.2, 0.25) is 0 Å². The van der Waals surface area contributed by atoms with Gasteiger partial charge in [-0.3, -0.25) is 9.10 Å². The highest BCUT2D eigenvalue weighted by atomic mass is 32.2. The summed E-state index contributed by atoms with van der Waals surface area (Å²) in [4.78, 5) is 14.6. The molecular formula is C24H30F2N2O5S2. The number of amides is 1. The highest BCUT2D eigenvalue weighted by Crippen LogP contribution is 2.35. The first-order valence-corrected chi connectivity index (χ1v) is 14.9. The fraction of sp³-hybridized carbons (Fsp3) is 0.458. The lowest BCUT2D eigenvalue weighted by atomic mass is 10.1. The van der Waals surface area contributed by atoms with Gasteiger partial charge in [0.1, 0.15) is 5.75 Å². The van der Waals surface area contributed by atoms with Crippen LogP contribution in [0.4, 0.5) is 20.2 Å². The molecule has 3 rings (SSSR count). The molecule has 1 aliphatic rings. The van der Waals surface area contributed by atoms with Crippen molar-refractivity contribution in [2.45, 2.75) is 49.8 Å². The number of fused-ring (bicyclic) bond motifs is 1. The summed E-state index contributed by atoms with van der Waals surface area (Å²) in [6.45, 7) is 2.14. The first-order chi connectivity index (χ1) is 16.3. The molecular weight excluding hydrogens is 498 g/mol. The molecule has 0 radical (unpaired) electrons. The lowest BCUT2D eigenvalue weighted by molar-refractivity contribution is 0.0141. The zero-order valence-corrected chi connectivity index (χ0v) is 21.6. The Morgan fingerprint density at radius 2 is 1.77 bits per heavy atom. The number of sulfone groups is 1. The van der Waals surface area contributed by atoms with Crippen molar-refractivity contribution in [3.05, 3.63) is 53.6 Å². The topological polar surface area (TPSA) is 91.8 Å². The van der Waals surface area contributed by atoms with Crippen LogP contribution in [0.25, 0.3) is 0 Å². The summed E-state index contributed by atoms with van der Waals surface area (Å²) in [5.74, 6) is -5.01. The van der Waals surface area contributed by atoms with Gasteiger partial charge in [0, 0.05) is 25.7 Å². The summed E-state index contributed by atoms with van der Waals surface area (Å²) in [5, 5.41) is 0. The second-order valence-corrected chi connectivity index (χ2v) is 12.8. The minimum atomic E-state index is -4.23. The number of nitrogens with zero attached hydrogens (tertiary/aromatic N) is 2. The van der Waals surface area contributed by atoms with E-state index in [-0.39, 0.29) is 29.1 Å². The van der Waals surface area contributed by atoms with E-state index in [2.05, 4.69) is 0 Å². The molecule has 0 bridgehead atoms. The van der Waals surface area contributed by atoms with Crippen LogP contribution in [-0.4, -0.2) is 54.3 Å². The van der Waals surface area contributed by atoms with E-state index in [4.69, 9.17) is 0 Å². The third kappa shape index (κ3) is 6.19. The summed E-state index contributed by atoms with van der Waals surface area (Å²) in [7, 11) is -6.48. The van der Waals surface area contributed by atoms with Crippen molar-refractivity contribution in [3.63, 3.8) is 0 Å². The van der Waals surface area contributed by atoms with Crippen LogP contribution in [0.15, 0.2) is 47.4 Å². The minimum absolute atomic E-state index is 0.177. The third-order valence-corrected chi connectivity index (χ3v) is 9.04. The van der Waals surface area contributed by atoms with Crippen LogP contribution in [0.3, 0.4) is 0 Å². The number of hydrogen-bond acceptors (Lipinski definition) is 5. The van der Waals surface area contributed by atoms with Gasteiger partial charge in [0.2, 0.25) is 10.0 Å². The molecule has 1 amide bonds. The fourth-order valence-corrected chi connectivity index (χ4v) is 6.08. The first-order valence-electron chi connectivity index (χ1n) is 11.3. The van der Waals surface area contributed by atoms with Crippen LogP contribution in [-0.2, 0) is 26.3 Å². The Labute approximate surface area is 205 Å². The maximum atomic E-state index is 14.3. The zero-order chi connectivity index (χ0) is 26.0. The number of sulfonamides is 1. The predicted molar refractivity (Wildman–Crippen MR) is 133 cm³/mol. The molecule has 0 spiro atoms. The Kier molecular flexibility index (Phi) is 7.90. The zero-order valence-electron chi connectivity index (χ0n) is 20.0. The molecule has 0 saturated carbocycles. The summed E-state index contributed by atoms with van der Waals surface area (Å²) in [6, 6.07) is 10.4. The largest absolute Gasteiger partial charge is 0.308 e. The van der Waals surface area contributed by atoms with Crippen molar-refractivity contribution >= 4 is 37.1 Å². The predicted octanol–water partition coefficient (Wildman–Crippen LogP) is 4.27. The van der Waals surface area contributed by atoms with E-state index in [1.165, 1.54) is 42.3 Å². The van der Waals surface area contributed by atoms with E-state index in [9.17, 15) is 30.4 Å². The summed E-state index contributed by atoms with van der Waals surface area (Å²) in [5.41, 5.74) is 1.43. The molecule has 11 heteroatoms. The minimum Gasteiger partial charge on any atom is -0.308 e. The van der Waals surface area contributed by atoms with E-state index in [0.29, 0.717) is 24.1 Å².